The zero-order valence-corrected chi connectivity index (χ0v) is 8.65. The zero-order chi connectivity index (χ0) is 11.3. The highest BCUT2D eigenvalue weighted by Crippen LogP contribution is 2.28. The van der Waals surface area contributed by atoms with E-state index in [0.29, 0.717) is 11.5 Å². The van der Waals surface area contributed by atoms with Crippen LogP contribution in [0, 0.1) is 0 Å². The lowest BCUT2D eigenvalue weighted by Gasteiger charge is -2.10. The maximum atomic E-state index is 11.6. The van der Waals surface area contributed by atoms with Crippen LogP contribution in [0.1, 0.15) is 10.4 Å². The highest BCUT2D eigenvalue weighted by molar-refractivity contribution is 5.95. The van der Waals surface area contributed by atoms with Gasteiger partial charge in [0.1, 0.15) is 17.1 Å². The molecule has 0 saturated carbocycles. The van der Waals surface area contributed by atoms with E-state index in [4.69, 9.17) is 9.47 Å². The third kappa shape index (κ3) is 2.28. The molecule has 0 unspecified atom stereocenters. The van der Waals surface area contributed by atoms with E-state index in [-0.39, 0.29) is 5.56 Å². The average Bonchev–Trinajstić information content (AvgIpc) is 2.28. The Labute approximate surface area is 88.1 Å². The third-order valence-corrected chi connectivity index (χ3v) is 1.82. The maximum absolute atomic E-state index is 11.6. The second-order valence-corrected chi connectivity index (χ2v) is 2.61. The van der Waals surface area contributed by atoms with Crippen LogP contribution in [0.25, 0.3) is 0 Å². The van der Waals surface area contributed by atoms with Gasteiger partial charge in [-0.05, 0) is 12.1 Å². The number of esters is 1. The van der Waals surface area contributed by atoms with Crippen molar-refractivity contribution in [2.24, 2.45) is 0 Å². The lowest BCUT2D eigenvalue weighted by Crippen LogP contribution is -2.05. The molecule has 0 radical (unpaired) electrons. The monoisotopic (exact) mass is 208 g/mol. The Morgan fingerprint density at radius 2 is 1.80 bits per heavy atom. The Hall–Kier alpha value is -1.97. The van der Waals surface area contributed by atoms with Gasteiger partial charge < -0.3 is 14.2 Å². The smallest absolute Gasteiger partial charge is 0.350 e. The van der Waals surface area contributed by atoms with Crippen LogP contribution in [-0.2, 0) is 4.74 Å². The molecule has 0 saturated heterocycles. The van der Waals surface area contributed by atoms with Gasteiger partial charge in [-0.2, -0.15) is 0 Å². The van der Waals surface area contributed by atoms with Crippen molar-refractivity contribution in [2.45, 2.75) is 0 Å². The molecule has 0 heterocycles. The lowest BCUT2D eigenvalue weighted by atomic mass is 10.2. The summed E-state index contributed by atoms with van der Waals surface area (Å²) in [4.78, 5) is 11.6. The van der Waals surface area contributed by atoms with Crippen LogP contribution in [0.15, 0.2) is 31.0 Å². The summed E-state index contributed by atoms with van der Waals surface area (Å²) in [5.74, 6) is 0.252. The van der Waals surface area contributed by atoms with Crippen molar-refractivity contribution in [2.75, 3.05) is 14.2 Å². The summed E-state index contributed by atoms with van der Waals surface area (Å²) >= 11 is 0. The second-order valence-electron chi connectivity index (χ2n) is 2.61. The SMILES string of the molecule is C=COC(=O)c1c(OC)cccc1OC. The largest absolute Gasteiger partial charge is 0.496 e. The van der Waals surface area contributed by atoms with E-state index in [1.807, 2.05) is 0 Å². The molecular formula is C11H12O4. The molecule has 0 amide bonds. The van der Waals surface area contributed by atoms with Crippen molar-refractivity contribution in [3.8, 4) is 11.5 Å². The second kappa shape index (κ2) is 5.05. The van der Waals surface area contributed by atoms with E-state index in [2.05, 4.69) is 11.3 Å². The van der Waals surface area contributed by atoms with Crippen molar-refractivity contribution in [1.82, 2.24) is 0 Å². The van der Waals surface area contributed by atoms with E-state index in [0.717, 1.165) is 6.26 Å². The van der Waals surface area contributed by atoms with E-state index in [1.54, 1.807) is 18.2 Å². The van der Waals surface area contributed by atoms with Crippen molar-refractivity contribution in [3.05, 3.63) is 36.6 Å². The molecule has 80 valence electrons. The number of ether oxygens (including phenoxy) is 3. The van der Waals surface area contributed by atoms with Crippen molar-refractivity contribution < 1.29 is 19.0 Å². The number of carbonyl (C=O) groups excluding carboxylic acids is 1. The van der Waals surface area contributed by atoms with Crippen LogP contribution in [-0.4, -0.2) is 20.2 Å². The first-order valence-electron chi connectivity index (χ1n) is 4.27. The molecule has 1 aromatic carbocycles. The molecule has 0 aliphatic rings. The number of hydrogen-bond acceptors (Lipinski definition) is 4. The molecule has 4 nitrogen and oxygen atoms in total. The van der Waals surface area contributed by atoms with Gasteiger partial charge in [-0.3, -0.25) is 0 Å². The summed E-state index contributed by atoms with van der Waals surface area (Å²) in [5.41, 5.74) is 0.252. The highest BCUT2D eigenvalue weighted by atomic mass is 16.5. The van der Waals surface area contributed by atoms with Crippen molar-refractivity contribution >= 4 is 5.97 Å². The van der Waals surface area contributed by atoms with Gasteiger partial charge in [-0.25, -0.2) is 4.79 Å². The minimum Gasteiger partial charge on any atom is -0.496 e. The van der Waals surface area contributed by atoms with Crippen LogP contribution in [0.3, 0.4) is 0 Å². The Morgan fingerprint density at radius 3 is 2.20 bits per heavy atom. The summed E-state index contributed by atoms with van der Waals surface area (Å²) in [6.45, 7) is 3.31. The number of benzene rings is 1. The number of hydrogen-bond donors (Lipinski definition) is 0. The lowest BCUT2D eigenvalue weighted by molar-refractivity contribution is 0.0657. The molecule has 15 heavy (non-hydrogen) atoms. The normalized spacial score (nSPS) is 9.20. The standard InChI is InChI=1S/C11H12O4/c1-4-15-11(12)10-8(13-2)6-5-7-9(10)14-3/h4-7H,1H2,2-3H3. The van der Waals surface area contributed by atoms with E-state index >= 15 is 0 Å². The van der Waals surface area contributed by atoms with Crippen LogP contribution in [0.2, 0.25) is 0 Å². The van der Waals surface area contributed by atoms with Gasteiger partial charge >= 0.3 is 5.97 Å². The first-order valence-corrected chi connectivity index (χ1v) is 4.27. The highest BCUT2D eigenvalue weighted by Gasteiger charge is 2.18. The Bertz CT molecular complexity index is 349. The van der Waals surface area contributed by atoms with Crippen LogP contribution < -0.4 is 9.47 Å². The van der Waals surface area contributed by atoms with Gasteiger partial charge in [-0.1, -0.05) is 12.6 Å². The minimum atomic E-state index is -0.556. The van der Waals surface area contributed by atoms with Crippen LogP contribution in [0.5, 0.6) is 11.5 Å². The predicted octanol–water partition coefficient (Wildman–Crippen LogP) is 2.00. The van der Waals surface area contributed by atoms with Crippen molar-refractivity contribution in [3.63, 3.8) is 0 Å². The molecule has 0 aromatic heterocycles. The molecule has 0 bridgehead atoms. The molecule has 0 atom stereocenters. The summed E-state index contributed by atoms with van der Waals surface area (Å²) in [7, 11) is 2.94. The predicted molar refractivity (Wildman–Crippen MR) is 55.2 cm³/mol. The molecule has 0 aliphatic heterocycles. The quantitative estimate of drug-likeness (QED) is 0.560. The number of methoxy groups -OCH3 is 2. The number of carbonyl (C=O) groups is 1. The first-order chi connectivity index (χ1) is 7.24. The molecule has 4 heteroatoms. The number of rotatable bonds is 4. The maximum Gasteiger partial charge on any atom is 0.350 e. The van der Waals surface area contributed by atoms with Gasteiger partial charge in [0.2, 0.25) is 0 Å². The summed E-state index contributed by atoms with van der Waals surface area (Å²) < 4.78 is 14.8. The molecule has 1 rings (SSSR count). The molecular weight excluding hydrogens is 196 g/mol. The summed E-state index contributed by atoms with van der Waals surface area (Å²) in [6, 6.07) is 5.03. The summed E-state index contributed by atoms with van der Waals surface area (Å²) in [5, 5.41) is 0. The van der Waals surface area contributed by atoms with Gasteiger partial charge in [-0.15, -0.1) is 0 Å². The van der Waals surface area contributed by atoms with Gasteiger partial charge in [0.25, 0.3) is 0 Å². The fraction of sp³-hybridized carbons (Fsp3) is 0.182. The minimum absolute atomic E-state index is 0.252. The Kier molecular flexibility index (Phi) is 3.74. The van der Waals surface area contributed by atoms with Crippen molar-refractivity contribution in [1.29, 1.82) is 0 Å². The van der Waals surface area contributed by atoms with E-state index in [1.165, 1.54) is 14.2 Å². The molecule has 0 fully saturated rings. The van der Waals surface area contributed by atoms with Gasteiger partial charge in [0.15, 0.2) is 0 Å². The molecule has 0 N–H and O–H groups in total. The third-order valence-electron chi connectivity index (χ3n) is 1.82. The molecule has 0 aliphatic carbocycles. The first kappa shape index (κ1) is 11.1. The summed E-state index contributed by atoms with van der Waals surface area (Å²) in [6.07, 6.45) is 1.06. The Morgan fingerprint density at radius 1 is 1.27 bits per heavy atom. The van der Waals surface area contributed by atoms with Gasteiger partial charge in [0.05, 0.1) is 20.5 Å². The topological polar surface area (TPSA) is 44.8 Å². The van der Waals surface area contributed by atoms with E-state index in [9.17, 15) is 4.79 Å². The van der Waals surface area contributed by atoms with Gasteiger partial charge in [0, 0.05) is 0 Å². The van der Waals surface area contributed by atoms with Crippen LogP contribution in [0.4, 0.5) is 0 Å². The molecule has 0 spiro atoms. The Balaban J connectivity index is 3.21. The van der Waals surface area contributed by atoms with E-state index < -0.39 is 5.97 Å². The fourth-order valence-electron chi connectivity index (χ4n) is 1.19. The zero-order valence-electron chi connectivity index (χ0n) is 8.65. The fourth-order valence-corrected chi connectivity index (χ4v) is 1.19. The average molecular weight is 208 g/mol. The van der Waals surface area contributed by atoms with Crippen LogP contribution >= 0.6 is 0 Å². The molecule has 1 aromatic rings.